The molecule has 0 rings (SSSR count). The first-order valence-corrected chi connectivity index (χ1v) is 3.03. The molecule has 0 heterocycles. The van der Waals surface area contributed by atoms with Crippen LogP contribution in [-0.2, 0) is 9.55 Å². The van der Waals surface area contributed by atoms with Crippen molar-refractivity contribution in [2.75, 3.05) is 7.05 Å². The van der Waals surface area contributed by atoms with Crippen LogP contribution in [0.4, 0.5) is 0 Å². The van der Waals surface area contributed by atoms with E-state index in [9.17, 15) is 4.79 Å². The maximum atomic E-state index is 10.8. The van der Waals surface area contributed by atoms with Crippen LogP contribution in [0, 0.1) is 0 Å². The lowest BCUT2D eigenvalue weighted by Gasteiger charge is -2.13. The summed E-state index contributed by atoms with van der Waals surface area (Å²) >= 11 is 0. The van der Waals surface area contributed by atoms with Crippen molar-refractivity contribution in [1.82, 2.24) is 5.06 Å². The van der Waals surface area contributed by atoms with E-state index in [4.69, 9.17) is 0 Å². The Morgan fingerprint density at radius 1 is 1.78 bits per heavy atom. The zero-order chi connectivity index (χ0) is 7.28. The lowest BCUT2D eigenvalue weighted by molar-refractivity contribution is -0.151. The summed E-state index contributed by atoms with van der Waals surface area (Å²) < 4.78 is 4.65. The number of nitrogens with zero attached hydrogens (tertiary/aromatic N) is 1. The van der Waals surface area contributed by atoms with Gasteiger partial charge in [-0.25, -0.2) is 5.06 Å². The van der Waals surface area contributed by atoms with Gasteiger partial charge >= 0.3 is 0 Å². The van der Waals surface area contributed by atoms with Gasteiger partial charge in [-0.2, -0.15) is 0 Å². The van der Waals surface area contributed by atoms with Gasteiger partial charge in [0.2, 0.25) is 5.91 Å². The third-order valence-electron chi connectivity index (χ3n) is 1.09. The van der Waals surface area contributed by atoms with Gasteiger partial charge in [0.05, 0.1) is 0 Å². The van der Waals surface area contributed by atoms with E-state index >= 15 is 0 Å². The molecule has 0 spiro atoms. The molecule has 4 heteroatoms. The van der Waals surface area contributed by atoms with Crippen molar-refractivity contribution in [3.63, 3.8) is 0 Å². The summed E-state index contributed by atoms with van der Waals surface area (Å²) in [4.78, 5) is 10.8. The molecule has 9 heavy (non-hydrogen) atoms. The van der Waals surface area contributed by atoms with Crippen molar-refractivity contribution in [2.24, 2.45) is 0 Å². The molecule has 0 N–H and O–H groups in total. The van der Waals surface area contributed by atoms with Gasteiger partial charge in [-0.15, -0.1) is 0 Å². The molecule has 0 aromatic rings. The molecule has 0 aliphatic heterocycles. The molecule has 0 saturated carbocycles. The Balaban J connectivity index is 3.46. The van der Waals surface area contributed by atoms with Crippen molar-refractivity contribution in [1.29, 1.82) is 0 Å². The van der Waals surface area contributed by atoms with Crippen LogP contribution in [-0.4, -0.2) is 26.1 Å². The number of hydroxylamine groups is 2. The topological polar surface area (TPSA) is 29.5 Å². The van der Waals surface area contributed by atoms with Crippen molar-refractivity contribution in [3.8, 4) is 0 Å². The minimum absolute atomic E-state index is 0.0278. The van der Waals surface area contributed by atoms with Crippen LogP contribution >= 0.6 is 0 Å². The Morgan fingerprint density at radius 3 is 2.67 bits per heavy atom. The summed E-state index contributed by atoms with van der Waals surface area (Å²) in [7, 11) is 3.09. The molecule has 0 fully saturated rings. The van der Waals surface area contributed by atoms with Crippen LogP contribution in [0.3, 0.4) is 0 Å². The van der Waals surface area contributed by atoms with E-state index in [-0.39, 0.29) is 5.91 Å². The summed E-state index contributed by atoms with van der Waals surface area (Å²) in [6, 6.07) is 0. The Kier molecular flexibility index (Phi) is 4.14. The summed E-state index contributed by atoms with van der Waals surface area (Å²) in [5.41, 5.74) is 0. The van der Waals surface area contributed by atoms with Gasteiger partial charge in [0.1, 0.15) is 0 Å². The van der Waals surface area contributed by atoms with E-state index in [1.165, 1.54) is 13.1 Å². The number of rotatable bonds is 3. The Morgan fingerprint density at radius 2 is 2.33 bits per heavy atom. The molecule has 0 atom stereocenters. The average molecular weight is 129 g/mol. The van der Waals surface area contributed by atoms with Crippen molar-refractivity contribution in [3.05, 3.63) is 0 Å². The summed E-state index contributed by atoms with van der Waals surface area (Å²) in [5.74, 6) is 0.0278. The molecule has 0 radical (unpaired) electrons. The second-order valence-electron chi connectivity index (χ2n) is 1.82. The van der Waals surface area contributed by atoms with Gasteiger partial charge in [0.25, 0.3) is 8.05 Å². The number of carbonyl (C=O) groups is 1. The molecule has 0 aliphatic carbocycles. The van der Waals surface area contributed by atoms with Gasteiger partial charge < -0.3 is 4.76 Å². The summed E-state index contributed by atoms with van der Waals surface area (Å²) in [5, 5.41) is 1.24. The average Bonchev–Trinajstić information content (AvgIpc) is 1.87. The Hall–Kier alpha value is -0.505. The number of hydrogen-bond acceptors (Lipinski definition) is 2. The van der Waals surface area contributed by atoms with Gasteiger partial charge in [0, 0.05) is 13.5 Å². The predicted octanol–water partition coefficient (Wildman–Crippen LogP) is -0.275. The second-order valence-corrected chi connectivity index (χ2v) is 1.82. The predicted molar refractivity (Wildman–Crippen MR) is 37.3 cm³/mol. The third-order valence-corrected chi connectivity index (χ3v) is 1.09. The standard InChI is InChI=1S/C5H12BNO2/c1-3-4-5(8)7(2)9-6/h3-4,6H2,1-2H3. The largest absolute Gasteiger partial charge is 0.345 e. The first-order chi connectivity index (χ1) is 4.22. The van der Waals surface area contributed by atoms with E-state index in [1.54, 1.807) is 7.05 Å². The maximum Gasteiger partial charge on any atom is 0.296 e. The highest BCUT2D eigenvalue weighted by Gasteiger charge is 2.03. The smallest absolute Gasteiger partial charge is 0.296 e. The minimum Gasteiger partial charge on any atom is -0.345 e. The Labute approximate surface area is 56.4 Å². The maximum absolute atomic E-state index is 10.8. The van der Waals surface area contributed by atoms with Gasteiger partial charge in [-0.3, -0.25) is 4.79 Å². The monoisotopic (exact) mass is 129 g/mol. The first kappa shape index (κ1) is 8.49. The van der Waals surface area contributed by atoms with Crippen LogP contribution in [0.2, 0.25) is 0 Å². The molecule has 52 valence electrons. The second kappa shape index (κ2) is 4.38. The van der Waals surface area contributed by atoms with Crippen LogP contribution in [0.1, 0.15) is 19.8 Å². The molecule has 0 bridgehead atoms. The molecule has 0 unspecified atom stereocenters. The van der Waals surface area contributed by atoms with E-state index in [2.05, 4.69) is 4.76 Å². The molecule has 0 aromatic carbocycles. The van der Waals surface area contributed by atoms with E-state index in [0.29, 0.717) is 6.42 Å². The molecule has 0 aliphatic rings. The van der Waals surface area contributed by atoms with Crippen LogP contribution < -0.4 is 0 Å². The van der Waals surface area contributed by atoms with Gasteiger partial charge in [-0.1, -0.05) is 6.92 Å². The Bertz CT molecular complexity index is 97.0. The highest BCUT2D eigenvalue weighted by atomic mass is 16.6. The van der Waals surface area contributed by atoms with E-state index in [1.807, 2.05) is 6.92 Å². The summed E-state index contributed by atoms with van der Waals surface area (Å²) in [6.07, 6.45) is 1.43. The lowest BCUT2D eigenvalue weighted by Crippen LogP contribution is -2.25. The normalized spacial score (nSPS) is 9.11. The van der Waals surface area contributed by atoms with Crippen molar-refractivity contribution >= 4 is 14.0 Å². The van der Waals surface area contributed by atoms with E-state index < -0.39 is 0 Å². The fraction of sp³-hybridized carbons (Fsp3) is 0.800. The lowest BCUT2D eigenvalue weighted by atomic mass is 10.3. The first-order valence-electron chi connectivity index (χ1n) is 3.03. The minimum atomic E-state index is 0.0278. The highest BCUT2D eigenvalue weighted by Crippen LogP contribution is 1.92. The van der Waals surface area contributed by atoms with Crippen LogP contribution in [0.5, 0.6) is 0 Å². The number of amides is 1. The molecule has 3 nitrogen and oxygen atoms in total. The molecule has 0 aromatic heterocycles. The molecular weight excluding hydrogens is 117 g/mol. The van der Waals surface area contributed by atoms with Crippen LogP contribution in [0.15, 0.2) is 0 Å². The number of hydrogen-bond donors (Lipinski definition) is 0. The van der Waals surface area contributed by atoms with Crippen LogP contribution in [0.25, 0.3) is 0 Å². The molecule has 0 saturated heterocycles. The number of carbonyl (C=O) groups excluding carboxylic acids is 1. The van der Waals surface area contributed by atoms with E-state index in [0.717, 1.165) is 6.42 Å². The van der Waals surface area contributed by atoms with Gasteiger partial charge in [-0.05, 0) is 6.42 Å². The zero-order valence-corrected chi connectivity index (χ0v) is 6.18. The van der Waals surface area contributed by atoms with Gasteiger partial charge in [0.15, 0.2) is 0 Å². The highest BCUT2D eigenvalue weighted by molar-refractivity contribution is 5.98. The van der Waals surface area contributed by atoms with Crippen molar-refractivity contribution in [2.45, 2.75) is 19.8 Å². The summed E-state index contributed by atoms with van der Waals surface area (Å²) in [6.45, 7) is 1.96. The van der Waals surface area contributed by atoms with Crippen molar-refractivity contribution < 1.29 is 9.55 Å². The third kappa shape index (κ3) is 3.14. The fourth-order valence-electron chi connectivity index (χ4n) is 0.473. The SMILES string of the molecule is BON(C)C(=O)CCC. The zero-order valence-electron chi connectivity index (χ0n) is 6.18. The fourth-order valence-corrected chi connectivity index (χ4v) is 0.473. The molecular formula is C5H12BNO2. The molecule has 1 amide bonds. The quantitative estimate of drug-likeness (QED) is 0.387.